The fourth-order valence-electron chi connectivity index (χ4n) is 2.45. The van der Waals surface area contributed by atoms with Crippen LogP contribution >= 0.6 is 11.6 Å². The Morgan fingerprint density at radius 2 is 1.69 bits per heavy atom. The zero-order valence-corrected chi connectivity index (χ0v) is 16.4. The summed E-state index contributed by atoms with van der Waals surface area (Å²) in [6, 6.07) is 12.4. The molecular formula is C20H27ClN3O2+. The van der Waals surface area contributed by atoms with Crippen LogP contribution in [0.1, 0.15) is 25.3 Å². The molecular weight excluding hydrogens is 350 g/mol. The summed E-state index contributed by atoms with van der Waals surface area (Å²) in [5.74, 6) is 0.259. The van der Waals surface area contributed by atoms with Gasteiger partial charge in [0.15, 0.2) is 6.73 Å². The van der Waals surface area contributed by atoms with Crippen LogP contribution in [0.3, 0.4) is 0 Å². The molecule has 2 aromatic rings. The highest BCUT2D eigenvalue weighted by molar-refractivity contribution is 6.30. The lowest BCUT2D eigenvalue weighted by Gasteiger charge is -2.29. The summed E-state index contributed by atoms with van der Waals surface area (Å²) >= 11 is 5.87. The first-order valence-corrected chi connectivity index (χ1v) is 9.16. The van der Waals surface area contributed by atoms with Crippen molar-refractivity contribution in [3.05, 3.63) is 53.1 Å². The average Bonchev–Trinajstić information content (AvgIpc) is 2.60. The number of nitrogens with zero attached hydrogens (tertiary/aromatic N) is 3. The minimum Gasteiger partial charge on any atom is -0.507 e. The molecule has 0 bridgehead atoms. The largest absolute Gasteiger partial charge is 0.507 e. The first-order valence-electron chi connectivity index (χ1n) is 8.78. The van der Waals surface area contributed by atoms with Gasteiger partial charge in [-0.2, -0.15) is 10.2 Å². The summed E-state index contributed by atoms with van der Waals surface area (Å²) in [4.78, 5) is 0. The highest BCUT2D eigenvalue weighted by Gasteiger charge is 2.18. The number of hydrogen-bond donors (Lipinski definition) is 1. The molecule has 0 spiro atoms. The standard InChI is InChI=1S/C20H26ClN3O2/c1-4-5-12-26-15-24(2,3)14-16-13-19(10-11-20(16)25)23-22-18-8-6-17(21)7-9-18/h6-11,13H,4-5,12,14-15H2,1-3H3/p+1. The van der Waals surface area contributed by atoms with E-state index in [9.17, 15) is 5.11 Å². The number of rotatable bonds is 9. The molecule has 5 nitrogen and oxygen atoms in total. The van der Waals surface area contributed by atoms with Crippen molar-refractivity contribution >= 4 is 23.0 Å². The van der Waals surface area contributed by atoms with Gasteiger partial charge in [-0.15, -0.1) is 0 Å². The quantitative estimate of drug-likeness (QED) is 0.260. The topological polar surface area (TPSA) is 54.2 Å². The van der Waals surface area contributed by atoms with Gasteiger partial charge in [0.1, 0.15) is 12.3 Å². The minimum atomic E-state index is 0.259. The molecule has 1 N–H and O–H groups in total. The van der Waals surface area contributed by atoms with Gasteiger partial charge in [-0.3, -0.25) is 0 Å². The van der Waals surface area contributed by atoms with E-state index < -0.39 is 0 Å². The van der Waals surface area contributed by atoms with Crippen molar-refractivity contribution in [1.82, 2.24) is 0 Å². The smallest absolute Gasteiger partial charge is 0.182 e. The van der Waals surface area contributed by atoms with Crippen molar-refractivity contribution in [2.24, 2.45) is 10.2 Å². The van der Waals surface area contributed by atoms with Crippen LogP contribution in [0.2, 0.25) is 5.02 Å². The summed E-state index contributed by atoms with van der Waals surface area (Å²) < 4.78 is 6.35. The van der Waals surface area contributed by atoms with Crippen LogP contribution in [0, 0.1) is 0 Å². The molecule has 6 heteroatoms. The summed E-state index contributed by atoms with van der Waals surface area (Å²) in [6.07, 6.45) is 2.18. The fraction of sp³-hybridized carbons (Fsp3) is 0.400. The van der Waals surface area contributed by atoms with E-state index in [-0.39, 0.29) is 5.75 Å². The Hall–Kier alpha value is -1.95. The monoisotopic (exact) mass is 376 g/mol. The maximum Gasteiger partial charge on any atom is 0.182 e. The van der Waals surface area contributed by atoms with Gasteiger partial charge in [-0.1, -0.05) is 24.9 Å². The Morgan fingerprint density at radius 3 is 2.38 bits per heavy atom. The summed E-state index contributed by atoms with van der Waals surface area (Å²) in [5, 5.41) is 19.3. The zero-order valence-electron chi connectivity index (χ0n) is 15.7. The van der Waals surface area contributed by atoms with Crippen molar-refractivity contribution in [1.29, 1.82) is 0 Å². The Bertz CT molecular complexity index is 730. The first-order chi connectivity index (χ1) is 12.4. The number of quaternary nitrogens is 1. The second-order valence-electron chi connectivity index (χ2n) is 6.97. The van der Waals surface area contributed by atoms with Crippen molar-refractivity contribution in [2.75, 3.05) is 27.4 Å². The van der Waals surface area contributed by atoms with E-state index >= 15 is 0 Å². The first kappa shape index (κ1) is 20.4. The Balaban J connectivity index is 2.05. The Labute approximate surface area is 160 Å². The Morgan fingerprint density at radius 1 is 1.04 bits per heavy atom. The van der Waals surface area contributed by atoms with E-state index in [2.05, 4.69) is 31.2 Å². The molecule has 26 heavy (non-hydrogen) atoms. The molecule has 0 unspecified atom stereocenters. The molecule has 0 amide bonds. The minimum absolute atomic E-state index is 0.259. The van der Waals surface area contributed by atoms with Crippen LogP contribution in [0.15, 0.2) is 52.7 Å². The molecule has 0 atom stereocenters. The van der Waals surface area contributed by atoms with Crippen molar-refractivity contribution < 1.29 is 14.3 Å². The van der Waals surface area contributed by atoms with Gasteiger partial charge in [0.05, 0.1) is 37.6 Å². The summed E-state index contributed by atoms with van der Waals surface area (Å²) in [7, 11) is 4.15. The van der Waals surface area contributed by atoms with Crippen molar-refractivity contribution in [3.8, 4) is 5.75 Å². The third-order valence-electron chi connectivity index (χ3n) is 3.85. The third kappa shape index (κ3) is 6.75. The lowest BCUT2D eigenvalue weighted by molar-refractivity contribution is -0.922. The summed E-state index contributed by atoms with van der Waals surface area (Å²) in [6.45, 7) is 4.14. The molecule has 0 aromatic heterocycles. The van der Waals surface area contributed by atoms with E-state index in [0.29, 0.717) is 28.5 Å². The molecule has 0 aliphatic heterocycles. The SMILES string of the molecule is CCCCOC[N+](C)(C)Cc1cc(N=Nc2ccc(Cl)cc2)ccc1O. The van der Waals surface area contributed by atoms with Gasteiger partial charge in [0.25, 0.3) is 0 Å². The summed E-state index contributed by atoms with van der Waals surface area (Å²) in [5.41, 5.74) is 2.24. The molecule has 140 valence electrons. The number of unbranched alkanes of at least 4 members (excludes halogenated alkanes) is 1. The van der Waals surface area contributed by atoms with Gasteiger partial charge in [0.2, 0.25) is 0 Å². The second kappa shape index (κ2) is 9.67. The van der Waals surface area contributed by atoms with Gasteiger partial charge in [-0.25, -0.2) is 0 Å². The number of benzene rings is 2. The number of halogens is 1. The fourth-order valence-corrected chi connectivity index (χ4v) is 2.57. The average molecular weight is 377 g/mol. The molecule has 0 radical (unpaired) electrons. The maximum absolute atomic E-state index is 10.2. The van der Waals surface area contributed by atoms with Gasteiger partial charge in [-0.05, 0) is 48.9 Å². The molecule has 0 saturated carbocycles. The molecule has 2 aromatic carbocycles. The second-order valence-corrected chi connectivity index (χ2v) is 7.41. The number of phenols is 1. The Kier molecular flexibility index (Phi) is 7.57. The van der Waals surface area contributed by atoms with Crippen LogP contribution in [0.4, 0.5) is 11.4 Å². The van der Waals surface area contributed by atoms with Crippen LogP contribution in [0.25, 0.3) is 0 Å². The number of azo groups is 1. The van der Waals surface area contributed by atoms with E-state index in [1.807, 2.05) is 6.07 Å². The lowest BCUT2D eigenvalue weighted by atomic mass is 10.1. The number of hydrogen-bond acceptors (Lipinski definition) is 4. The predicted octanol–water partition coefficient (Wildman–Crippen LogP) is 5.81. The van der Waals surface area contributed by atoms with E-state index in [0.717, 1.165) is 30.7 Å². The zero-order chi connectivity index (χ0) is 19.0. The molecule has 0 fully saturated rings. The number of aromatic hydroxyl groups is 1. The van der Waals surface area contributed by atoms with Crippen molar-refractivity contribution in [2.45, 2.75) is 26.3 Å². The van der Waals surface area contributed by atoms with Gasteiger partial charge >= 0.3 is 0 Å². The molecule has 2 rings (SSSR count). The van der Waals surface area contributed by atoms with Crippen LogP contribution in [-0.2, 0) is 11.3 Å². The molecule has 0 saturated heterocycles. The normalized spacial score (nSPS) is 12.0. The molecule has 0 aliphatic rings. The van der Waals surface area contributed by atoms with E-state index in [4.69, 9.17) is 16.3 Å². The number of phenolic OH excluding ortho intramolecular Hbond substituents is 1. The van der Waals surface area contributed by atoms with Gasteiger partial charge < -0.3 is 14.3 Å². The molecule has 0 aliphatic carbocycles. The van der Waals surface area contributed by atoms with Crippen LogP contribution in [-0.4, -0.2) is 37.0 Å². The number of ether oxygens (including phenoxy) is 1. The highest BCUT2D eigenvalue weighted by Crippen LogP contribution is 2.27. The molecule has 0 heterocycles. The highest BCUT2D eigenvalue weighted by atomic mass is 35.5. The van der Waals surface area contributed by atoms with Crippen LogP contribution in [0.5, 0.6) is 5.75 Å². The van der Waals surface area contributed by atoms with Crippen LogP contribution < -0.4 is 0 Å². The van der Waals surface area contributed by atoms with E-state index in [1.54, 1.807) is 36.4 Å². The third-order valence-corrected chi connectivity index (χ3v) is 4.10. The van der Waals surface area contributed by atoms with E-state index in [1.165, 1.54) is 0 Å². The van der Waals surface area contributed by atoms with Gasteiger partial charge in [0, 0.05) is 5.02 Å². The maximum atomic E-state index is 10.2. The lowest BCUT2D eigenvalue weighted by Crippen LogP contribution is -2.40. The predicted molar refractivity (Wildman–Crippen MR) is 105 cm³/mol. The van der Waals surface area contributed by atoms with Crippen molar-refractivity contribution in [3.63, 3.8) is 0 Å².